The summed E-state index contributed by atoms with van der Waals surface area (Å²) in [7, 11) is 1.11. The van der Waals surface area contributed by atoms with Gasteiger partial charge in [0.1, 0.15) is 18.0 Å². The van der Waals surface area contributed by atoms with Gasteiger partial charge in [-0.05, 0) is 30.3 Å². The van der Waals surface area contributed by atoms with E-state index in [2.05, 4.69) is 0 Å². The SMILES string of the molecule is Cn1c(=O)n(CC(N)=O)c(=O)n(-c2cccc(Oc3ccc(C(F)(F)F)cc3Cl)c2)c1=O. The van der Waals surface area contributed by atoms with Crippen molar-refractivity contribution >= 4 is 17.5 Å². The van der Waals surface area contributed by atoms with Crippen LogP contribution in [-0.2, 0) is 24.6 Å². The maximum atomic E-state index is 12.8. The summed E-state index contributed by atoms with van der Waals surface area (Å²) in [6.45, 7) is -0.747. The lowest BCUT2D eigenvalue weighted by Gasteiger charge is -2.13. The maximum absolute atomic E-state index is 12.8. The molecule has 13 heteroatoms. The van der Waals surface area contributed by atoms with Crippen molar-refractivity contribution in [1.82, 2.24) is 13.7 Å². The van der Waals surface area contributed by atoms with Gasteiger partial charge in [0.05, 0.1) is 16.3 Å². The predicted molar refractivity (Wildman–Crippen MR) is 107 cm³/mol. The number of hydrogen-bond acceptors (Lipinski definition) is 5. The Labute approximate surface area is 181 Å². The summed E-state index contributed by atoms with van der Waals surface area (Å²) in [4.78, 5) is 48.6. The number of rotatable bonds is 5. The third-order valence-corrected chi connectivity index (χ3v) is 4.59. The summed E-state index contributed by atoms with van der Waals surface area (Å²) in [5.74, 6) is -1.04. The molecule has 1 aromatic heterocycles. The van der Waals surface area contributed by atoms with Crippen molar-refractivity contribution in [2.45, 2.75) is 12.7 Å². The number of carbonyl (C=O) groups is 1. The molecule has 3 rings (SSSR count). The van der Waals surface area contributed by atoms with Gasteiger partial charge < -0.3 is 10.5 Å². The first kappa shape index (κ1) is 22.9. The lowest BCUT2D eigenvalue weighted by molar-refractivity contribution is -0.137. The molecule has 9 nitrogen and oxygen atoms in total. The third kappa shape index (κ3) is 4.44. The fourth-order valence-corrected chi connectivity index (χ4v) is 3.00. The topological polar surface area (TPSA) is 118 Å². The molecular weight excluding hydrogens is 457 g/mol. The summed E-state index contributed by atoms with van der Waals surface area (Å²) < 4.78 is 45.6. The number of amides is 1. The van der Waals surface area contributed by atoms with Gasteiger partial charge in [-0.1, -0.05) is 17.7 Å². The number of alkyl halides is 3. The van der Waals surface area contributed by atoms with E-state index in [1.165, 1.54) is 24.3 Å². The third-order valence-electron chi connectivity index (χ3n) is 4.30. The van der Waals surface area contributed by atoms with Crippen LogP contribution >= 0.6 is 11.6 Å². The average Bonchev–Trinajstić information content (AvgIpc) is 2.71. The van der Waals surface area contributed by atoms with Crippen LogP contribution in [0.25, 0.3) is 5.69 Å². The molecule has 0 atom stereocenters. The van der Waals surface area contributed by atoms with E-state index in [1.807, 2.05) is 0 Å². The second-order valence-corrected chi connectivity index (χ2v) is 6.94. The minimum Gasteiger partial charge on any atom is -0.456 e. The molecule has 1 heterocycles. The Balaban J connectivity index is 2.07. The van der Waals surface area contributed by atoms with Crippen LogP contribution in [0.15, 0.2) is 56.8 Å². The Morgan fingerprint density at radius 1 is 1.06 bits per heavy atom. The molecule has 0 radical (unpaired) electrons. The fourth-order valence-electron chi connectivity index (χ4n) is 2.78. The zero-order valence-corrected chi connectivity index (χ0v) is 17.0. The molecule has 0 aliphatic rings. The summed E-state index contributed by atoms with van der Waals surface area (Å²) >= 11 is 5.88. The van der Waals surface area contributed by atoms with Gasteiger partial charge in [0.2, 0.25) is 5.91 Å². The van der Waals surface area contributed by atoms with Crippen molar-refractivity contribution in [3.8, 4) is 17.2 Å². The van der Waals surface area contributed by atoms with E-state index in [0.29, 0.717) is 19.8 Å². The highest BCUT2D eigenvalue weighted by molar-refractivity contribution is 6.32. The highest BCUT2D eigenvalue weighted by atomic mass is 35.5. The quantitative estimate of drug-likeness (QED) is 0.608. The zero-order valence-electron chi connectivity index (χ0n) is 16.2. The highest BCUT2D eigenvalue weighted by Gasteiger charge is 2.31. The summed E-state index contributed by atoms with van der Waals surface area (Å²) in [5.41, 5.74) is 0.935. The van der Waals surface area contributed by atoms with Crippen molar-refractivity contribution in [3.05, 3.63) is 84.5 Å². The summed E-state index contributed by atoms with van der Waals surface area (Å²) in [5, 5.41) is -0.312. The molecular formula is C19H14ClF3N4O5. The Hall–Kier alpha value is -3.80. The Morgan fingerprint density at radius 2 is 1.75 bits per heavy atom. The van der Waals surface area contributed by atoms with Gasteiger partial charge >= 0.3 is 23.2 Å². The number of aromatic nitrogens is 3. The summed E-state index contributed by atoms with van der Waals surface area (Å²) in [6.07, 6.45) is -4.59. The van der Waals surface area contributed by atoms with Crippen molar-refractivity contribution in [3.63, 3.8) is 0 Å². The minimum atomic E-state index is -4.59. The van der Waals surface area contributed by atoms with Crippen LogP contribution in [0.5, 0.6) is 11.5 Å². The van der Waals surface area contributed by atoms with Crippen LogP contribution in [0.2, 0.25) is 5.02 Å². The van der Waals surface area contributed by atoms with Gasteiger partial charge in [-0.25, -0.2) is 28.1 Å². The number of nitrogens with zero attached hydrogens (tertiary/aromatic N) is 3. The van der Waals surface area contributed by atoms with Gasteiger partial charge in [-0.15, -0.1) is 0 Å². The number of benzene rings is 2. The first-order chi connectivity index (χ1) is 14.9. The zero-order chi connectivity index (χ0) is 23.8. The molecule has 168 valence electrons. The molecule has 1 amide bonds. The van der Waals surface area contributed by atoms with Gasteiger partial charge in [-0.3, -0.25) is 4.79 Å². The second-order valence-electron chi connectivity index (χ2n) is 6.54. The van der Waals surface area contributed by atoms with E-state index in [4.69, 9.17) is 22.1 Å². The molecule has 0 saturated carbocycles. The Bertz CT molecular complexity index is 1390. The number of primary amides is 1. The van der Waals surface area contributed by atoms with Gasteiger partial charge in [0.25, 0.3) is 0 Å². The van der Waals surface area contributed by atoms with E-state index < -0.39 is 41.3 Å². The molecule has 0 fully saturated rings. The standard InChI is InChI=1S/C19H14ClF3N4O5/c1-25-16(29)26(9-15(24)28)18(31)27(17(25)30)11-3-2-4-12(8-11)32-14-6-5-10(7-13(14)20)19(21,22)23/h2-8H,9H2,1H3,(H2,24,28). The van der Waals surface area contributed by atoms with Crippen molar-refractivity contribution in [2.75, 3.05) is 0 Å². The molecule has 0 spiro atoms. The van der Waals surface area contributed by atoms with Crippen molar-refractivity contribution < 1.29 is 22.7 Å². The van der Waals surface area contributed by atoms with Crippen molar-refractivity contribution in [1.29, 1.82) is 0 Å². The molecule has 0 bridgehead atoms. The number of ether oxygens (including phenoxy) is 1. The molecule has 0 unspecified atom stereocenters. The van der Waals surface area contributed by atoms with Gasteiger partial charge in [-0.2, -0.15) is 13.2 Å². The van der Waals surface area contributed by atoms with Crippen LogP contribution in [0, 0.1) is 0 Å². The van der Waals surface area contributed by atoms with E-state index in [9.17, 15) is 32.3 Å². The van der Waals surface area contributed by atoms with Crippen LogP contribution in [0.3, 0.4) is 0 Å². The van der Waals surface area contributed by atoms with E-state index >= 15 is 0 Å². The molecule has 3 aromatic rings. The Kier molecular flexibility index (Phi) is 5.99. The highest BCUT2D eigenvalue weighted by Crippen LogP contribution is 2.36. The molecule has 2 aromatic carbocycles. The van der Waals surface area contributed by atoms with Crippen molar-refractivity contribution in [2.24, 2.45) is 12.8 Å². The molecule has 0 saturated heterocycles. The first-order valence-corrected chi connectivity index (χ1v) is 9.14. The molecule has 0 aliphatic carbocycles. The van der Waals surface area contributed by atoms with Crippen LogP contribution in [0.4, 0.5) is 13.2 Å². The number of halogens is 4. The Morgan fingerprint density at radius 3 is 2.34 bits per heavy atom. The predicted octanol–water partition coefficient (Wildman–Crippen LogP) is 1.65. The second kappa shape index (κ2) is 8.38. The monoisotopic (exact) mass is 470 g/mol. The van der Waals surface area contributed by atoms with E-state index in [-0.39, 0.29) is 22.2 Å². The molecule has 0 aliphatic heterocycles. The van der Waals surface area contributed by atoms with E-state index in [0.717, 1.165) is 19.2 Å². The number of carbonyl (C=O) groups excluding carboxylic acids is 1. The van der Waals surface area contributed by atoms with Crippen LogP contribution in [-0.4, -0.2) is 19.6 Å². The van der Waals surface area contributed by atoms with Gasteiger partial charge in [0.15, 0.2) is 0 Å². The lowest BCUT2D eigenvalue weighted by Crippen LogP contribution is -2.54. The van der Waals surface area contributed by atoms with Crippen LogP contribution < -0.4 is 27.5 Å². The number of hydrogen-bond donors (Lipinski definition) is 1. The molecule has 2 N–H and O–H groups in total. The number of nitrogens with two attached hydrogens (primary N) is 1. The van der Waals surface area contributed by atoms with E-state index in [1.54, 1.807) is 0 Å². The fraction of sp³-hybridized carbons (Fsp3) is 0.158. The average molecular weight is 471 g/mol. The smallest absolute Gasteiger partial charge is 0.416 e. The van der Waals surface area contributed by atoms with Crippen LogP contribution in [0.1, 0.15) is 5.56 Å². The summed E-state index contributed by atoms with van der Waals surface area (Å²) in [6, 6.07) is 7.89. The lowest BCUT2D eigenvalue weighted by atomic mass is 10.2. The largest absolute Gasteiger partial charge is 0.456 e. The first-order valence-electron chi connectivity index (χ1n) is 8.76. The normalized spacial score (nSPS) is 11.4. The molecule has 32 heavy (non-hydrogen) atoms. The maximum Gasteiger partial charge on any atom is 0.416 e. The van der Waals surface area contributed by atoms with Gasteiger partial charge in [0, 0.05) is 13.1 Å². The minimum absolute atomic E-state index is 0.0330.